The van der Waals surface area contributed by atoms with E-state index in [0.29, 0.717) is 0 Å². The number of nitrogens with one attached hydrogen (secondary N) is 1. The van der Waals surface area contributed by atoms with Crippen molar-refractivity contribution in [1.29, 1.82) is 0 Å². The Balaban J connectivity index is 2.14. The highest BCUT2D eigenvalue weighted by molar-refractivity contribution is 7.97. The molecule has 0 radical (unpaired) electrons. The maximum absolute atomic E-state index is 11.9. The van der Waals surface area contributed by atoms with Gasteiger partial charge in [-0.2, -0.15) is 11.8 Å². The first-order valence-electron chi connectivity index (χ1n) is 6.53. The zero-order chi connectivity index (χ0) is 15.2. The number of hydrogen-bond acceptors (Lipinski definition) is 4. The smallest absolute Gasteiger partial charge is 0.305 e. The predicted octanol–water partition coefficient (Wildman–Crippen LogP) is 1.49. The Morgan fingerprint density at radius 3 is 2.86 bits per heavy atom. The van der Waals surface area contributed by atoms with Crippen molar-refractivity contribution in [3.63, 3.8) is 0 Å². The van der Waals surface area contributed by atoms with Crippen LogP contribution < -0.4 is 5.32 Å². The number of rotatable bonds is 7. The second-order valence-electron chi connectivity index (χ2n) is 4.53. The van der Waals surface area contributed by atoms with Gasteiger partial charge in [0.25, 0.3) is 0 Å². The summed E-state index contributed by atoms with van der Waals surface area (Å²) in [5, 5.41) is 11.2. The molecule has 0 bridgehead atoms. The third-order valence-corrected chi connectivity index (χ3v) is 3.52. The fourth-order valence-corrected chi connectivity index (χ4v) is 2.53. The van der Waals surface area contributed by atoms with E-state index < -0.39 is 5.97 Å². The van der Waals surface area contributed by atoms with Crippen LogP contribution in [0.1, 0.15) is 12.2 Å². The lowest BCUT2D eigenvalue weighted by molar-refractivity contribution is -0.136. The number of hydrogen-bond donors (Lipinski definition) is 2. The summed E-state index contributed by atoms with van der Waals surface area (Å²) in [6.45, 7) is 0.286. The number of nitrogens with zero attached hydrogens (tertiary/aromatic N) is 2. The van der Waals surface area contributed by atoms with E-state index in [2.05, 4.69) is 10.3 Å². The van der Waals surface area contributed by atoms with Crippen molar-refractivity contribution in [2.75, 3.05) is 12.8 Å². The van der Waals surface area contributed by atoms with Gasteiger partial charge in [-0.25, -0.2) is 4.98 Å². The largest absolute Gasteiger partial charge is 0.481 e. The standard InChI is InChI=1S/C14H17N3O3S/c1-21-9-12-16-10-4-2-3-5-11(10)17(12)8-13(18)15-7-6-14(19)20/h2-5H,6-9H2,1H3,(H,15,18)(H,19,20). The molecule has 6 nitrogen and oxygen atoms in total. The molecule has 0 aliphatic heterocycles. The Morgan fingerprint density at radius 1 is 1.38 bits per heavy atom. The number of carboxylic acids is 1. The summed E-state index contributed by atoms with van der Waals surface area (Å²) >= 11 is 1.64. The molecule has 0 saturated carbocycles. The van der Waals surface area contributed by atoms with Crippen molar-refractivity contribution in [2.24, 2.45) is 0 Å². The normalized spacial score (nSPS) is 10.7. The lowest BCUT2D eigenvalue weighted by Crippen LogP contribution is -2.30. The summed E-state index contributed by atoms with van der Waals surface area (Å²) in [4.78, 5) is 26.9. The molecule has 1 aromatic carbocycles. The van der Waals surface area contributed by atoms with Crippen molar-refractivity contribution < 1.29 is 14.7 Å². The van der Waals surface area contributed by atoms with Gasteiger partial charge in [0.1, 0.15) is 12.4 Å². The van der Waals surface area contributed by atoms with Gasteiger partial charge in [0, 0.05) is 6.54 Å². The van der Waals surface area contributed by atoms with E-state index in [1.807, 2.05) is 35.1 Å². The third kappa shape index (κ3) is 3.98. The van der Waals surface area contributed by atoms with Crippen LogP contribution in [-0.4, -0.2) is 39.3 Å². The summed E-state index contributed by atoms with van der Waals surface area (Å²) in [6.07, 6.45) is 1.91. The minimum atomic E-state index is -0.925. The summed E-state index contributed by atoms with van der Waals surface area (Å²) in [7, 11) is 0. The number of aromatic nitrogens is 2. The van der Waals surface area contributed by atoms with Gasteiger partial charge in [0.2, 0.25) is 5.91 Å². The average molecular weight is 307 g/mol. The molecule has 2 rings (SSSR count). The van der Waals surface area contributed by atoms with Gasteiger partial charge in [-0.1, -0.05) is 12.1 Å². The molecule has 0 fully saturated rings. The number of aliphatic carboxylic acids is 1. The summed E-state index contributed by atoms with van der Waals surface area (Å²) in [5.74, 6) is 0.433. The first kappa shape index (κ1) is 15.4. The molecule has 0 aliphatic carbocycles. The maximum Gasteiger partial charge on any atom is 0.305 e. The molecule has 1 aromatic heterocycles. The minimum Gasteiger partial charge on any atom is -0.481 e. The maximum atomic E-state index is 11.9. The lowest BCUT2D eigenvalue weighted by Gasteiger charge is -2.09. The van der Waals surface area contributed by atoms with Crippen molar-refractivity contribution in [2.45, 2.75) is 18.7 Å². The molecule has 2 aromatic rings. The highest BCUT2D eigenvalue weighted by Gasteiger charge is 2.13. The number of fused-ring (bicyclic) bond motifs is 1. The Labute approximate surface area is 126 Å². The molecule has 112 valence electrons. The van der Waals surface area contributed by atoms with E-state index in [9.17, 15) is 9.59 Å². The summed E-state index contributed by atoms with van der Waals surface area (Å²) in [6, 6.07) is 7.66. The van der Waals surface area contributed by atoms with E-state index in [-0.39, 0.29) is 25.4 Å². The number of thioether (sulfide) groups is 1. The van der Waals surface area contributed by atoms with Crippen LogP contribution in [0.2, 0.25) is 0 Å². The average Bonchev–Trinajstić information content (AvgIpc) is 2.77. The lowest BCUT2D eigenvalue weighted by atomic mass is 10.3. The number of carboxylic acid groups (broad SMARTS) is 1. The molecule has 1 heterocycles. The van der Waals surface area contributed by atoms with Gasteiger partial charge in [-0.3, -0.25) is 9.59 Å². The van der Waals surface area contributed by atoms with Gasteiger partial charge in [0.15, 0.2) is 0 Å². The minimum absolute atomic E-state index is 0.0753. The van der Waals surface area contributed by atoms with Crippen molar-refractivity contribution >= 4 is 34.7 Å². The SMILES string of the molecule is CSCc1nc2ccccc2n1CC(=O)NCCC(=O)O. The number of para-hydroxylation sites is 2. The van der Waals surface area contributed by atoms with Crippen LogP contribution in [0, 0.1) is 0 Å². The zero-order valence-corrected chi connectivity index (χ0v) is 12.5. The molecule has 7 heteroatoms. The molecule has 21 heavy (non-hydrogen) atoms. The zero-order valence-electron chi connectivity index (χ0n) is 11.7. The summed E-state index contributed by atoms with van der Waals surface area (Å²) < 4.78 is 1.88. The molecule has 0 spiro atoms. The second-order valence-corrected chi connectivity index (χ2v) is 5.40. The fraction of sp³-hybridized carbons (Fsp3) is 0.357. The van der Waals surface area contributed by atoms with E-state index in [4.69, 9.17) is 5.11 Å². The van der Waals surface area contributed by atoms with Crippen LogP contribution in [0.4, 0.5) is 0 Å². The number of benzene rings is 1. The molecular formula is C14H17N3O3S. The second kappa shape index (κ2) is 7.12. The van der Waals surface area contributed by atoms with Crippen LogP contribution in [0.15, 0.2) is 24.3 Å². The van der Waals surface area contributed by atoms with Crippen LogP contribution in [0.5, 0.6) is 0 Å². The number of carbonyl (C=O) groups is 2. The van der Waals surface area contributed by atoms with Crippen LogP contribution in [0.3, 0.4) is 0 Å². The third-order valence-electron chi connectivity index (χ3n) is 2.97. The first-order valence-corrected chi connectivity index (χ1v) is 7.92. The van der Waals surface area contributed by atoms with Crippen molar-refractivity contribution in [3.8, 4) is 0 Å². The topological polar surface area (TPSA) is 84.2 Å². The van der Waals surface area contributed by atoms with Gasteiger partial charge >= 0.3 is 5.97 Å². The Kier molecular flexibility index (Phi) is 5.21. The molecule has 0 aliphatic rings. The van der Waals surface area contributed by atoms with Crippen molar-refractivity contribution in [1.82, 2.24) is 14.9 Å². The van der Waals surface area contributed by atoms with Gasteiger partial charge in [-0.05, 0) is 18.4 Å². The van der Waals surface area contributed by atoms with Crippen LogP contribution >= 0.6 is 11.8 Å². The molecule has 0 atom stereocenters. The van der Waals surface area contributed by atoms with E-state index >= 15 is 0 Å². The monoisotopic (exact) mass is 307 g/mol. The van der Waals surface area contributed by atoms with Gasteiger partial charge in [0.05, 0.1) is 23.2 Å². The van der Waals surface area contributed by atoms with Crippen LogP contribution in [0.25, 0.3) is 11.0 Å². The highest BCUT2D eigenvalue weighted by atomic mass is 32.2. The van der Waals surface area contributed by atoms with E-state index in [1.165, 1.54) is 0 Å². The first-order chi connectivity index (χ1) is 10.1. The van der Waals surface area contributed by atoms with Gasteiger partial charge in [-0.15, -0.1) is 0 Å². The number of carbonyl (C=O) groups excluding carboxylic acids is 1. The highest BCUT2D eigenvalue weighted by Crippen LogP contribution is 2.18. The molecule has 1 amide bonds. The number of imidazole rings is 1. The van der Waals surface area contributed by atoms with E-state index in [1.54, 1.807) is 11.8 Å². The van der Waals surface area contributed by atoms with Crippen molar-refractivity contribution in [3.05, 3.63) is 30.1 Å². The Hall–Kier alpha value is -2.02. The Morgan fingerprint density at radius 2 is 2.14 bits per heavy atom. The molecular weight excluding hydrogens is 290 g/mol. The summed E-state index contributed by atoms with van der Waals surface area (Å²) in [5.41, 5.74) is 1.77. The van der Waals surface area contributed by atoms with Gasteiger partial charge < -0.3 is 15.0 Å². The Bertz CT molecular complexity index is 654. The van der Waals surface area contributed by atoms with E-state index in [0.717, 1.165) is 22.6 Å². The van der Waals surface area contributed by atoms with Crippen LogP contribution in [-0.2, 0) is 21.9 Å². The molecule has 0 unspecified atom stereocenters. The molecule has 0 saturated heterocycles. The fourth-order valence-electron chi connectivity index (χ4n) is 2.05. The quantitative estimate of drug-likeness (QED) is 0.809. The predicted molar refractivity (Wildman–Crippen MR) is 82.2 cm³/mol. The number of amides is 1. The molecule has 2 N–H and O–H groups in total.